The third kappa shape index (κ3) is 2.96. The zero-order chi connectivity index (χ0) is 16.8. The van der Waals surface area contributed by atoms with E-state index in [1.807, 2.05) is 6.92 Å². The molecule has 1 aliphatic heterocycles. The van der Waals surface area contributed by atoms with Gasteiger partial charge in [-0.1, -0.05) is 17.7 Å². The molecule has 0 amide bonds. The Hall–Kier alpha value is -1.44. The van der Waals surface area contributed by atoms with Crippen LogP contribution in [0.2, 0.25) is 0 Å². The minimum atomic E-state index is -3.60. The maximum Gasteiger partial charge on any atom is 0.276 e. The summed E-state index contributed by atoms with van der Waals surface area (Å²) in [6.07, 6.45) is 3.41. The van der Waals surface area contributed by atoms with Crippen molar-refractivity contribution in [3.8, 4) is 0 Å². The Kier molecular flexibility index (Phi) is 3.89. The van der Waals surface area contributed by atoms with Crippen LogP contribution in [0.15, 0.2) is 34.3 Å². The van der Waals surface area contributed by atoms with Crippen molar-refractivity contribution in [2.24, 2.45) is 16.9 Å². The van der Waals surface area contributed by atoms with Gasteiger partial charge in [0.25, 0.3) is 10.0 Å². The maximum atomic E-state index is 12.3. The quantitative estimate of drug-likeness (QED) is 0.848. The van der Waals surface area contributed by atoms with Crippen molar-refractivity contribution < 1.29 is 17.9 Å². The van der Waals surface area contributed by atoms with Crippen molar-refractivity contribution >= 4 is 15.7 Å². The fourth-order valence-corrected chi connectivity index (χ4v) is 4.95. The van der Waals surface area contributed by atoms with Gasteiger partial charge in [0, 0.05) is 18.6 Å². The van der Waals surface area contributed by atoms with E-state index in [0.29, 0.717) is 25.0 Å². The molecule has 3 fully saturated rings. The molecule has 2 aliphatic carbocycles. The molecule has 3 aliphatic rings. The largest absolute Gasteiger partial charge is 0.348 e. The number of aryl methyl sites for hydroxylation is 1. The average Bonchev–Trinajstić information content (AvgIpc) is 3.22. The summed E-state index contributed by atoms with van der Waals surface area (Å²) in [4.78, 5) is 2.62. The van der Waals surface area contributed by atoms with Crippen molar-refractivity contribution in [2.75, 3.05) is 13.2 Å². The highest BCUT2D eigenvalue weighted by atomic mass is 32.2. The van der Waals surface area contributed by atoms with Gasteiger partial charge in [-0.15, -0.1) is 0 Å². The number of hydrogen-bond acceptors (Lipinski definition) is 5. The molecule has 0 radical (unpaired) electrons. The van der Waals surface area contributed by atoms with Crippen molar-refractivity contribution in [1.82, 2.24) is 4.83 Å². The minimum absolute atomic E-state index is 0.238. The summed E-state index contributed by atoms with van der Waals surface area (Å²) in [5, 5.41) is 4.19. The van der Waals surface area contributed by atoms with Gasteiger partial charge in [0.15, 0.2) is 5.79 Å². The van der Waals surface area contributed by atoms with Crippen LogP contribution < -0.4 is 4.83 Å². The Bertz CT molecular complexity index is 733. The molecular weight excluding hydrogens is 328 g/mol. The third-order valence-electron chi connectivity index (χ3n) is 5.28. The standard InChI is InChI=1S/C17H22N2O4S/c1-12-2-4-16(5-3-12)24(20,21)19-18-15-8-13-10-17(11-14(13)9-15)22-6-7-23-17/h2-5,13-14,19H,6-11H2,1H3/t13-,14+. The summed E-state index contributed by atoms with van der Waals surface area (Å²) >= 11 is 0. The van der Waals surface area contributed by atoms with Crippen LogP contribution in [-0.2, 0) is 19.5 Å². The lowest BCUT2D eigenvalue weighted by atomic mass is 10.0. The number of fused-ring (bicyclic) bond motifs is 1. The van der Waals surface area contributed by atoms with Gasteiger partial charge in [-0.2, -0.15) is 13.5 Å². The Morgan fingerprint density at radius 1 is 1.08 bits per heavy atom. The molecule has 130 valence electrons. The number of nitrogens with one attached hydrogen (secondary N) is 1. The Morgan fingerprint density at radius 3 is 2.25 bits per heavy atom. The molecule has 1 N–H and O–H groups in total. The van der Waals surface area contributed by atoms with Crippen LogP contribution in [0.1, 0.15) is 31.2 Å². The first kappa shape index (κ1) is 16.1. The van der Waals surface area contributed by atoms with E-state index in [4.69, 9.17) is 9.47 Å². The topological polar surface area (TPSA) is 77.0 Å². The molecule has 4 rings (SSSR count). The first-order chi connectivity index (χ1) is 11.5. The molecule has 2 saturated carbocycles. The summed E-state index contributed by atoms with van der Waals surface area (Å²) in [6.45, 7) is 3.28. The van der Waals surface area contributed by atoms with Gasteiger partial charge in [0.1, 0.15) is 0 Å². The highest BCUT2D eigenvalue weighted by molar-refractivity contribution is 7.89. The fraction of sp³-hybridized carbons (Fsp3) is 0.588. The van der Waals surface area contributed by atoms with Crippen molar-refractivity contribution in [3.05, 3.63) is 29.8 Å². The maximum absolute atomic E-state index is 12.3. The normalized spacial score (nSPS) is 30.1. The highest BCUT2D eigenvalue weighted by Gasteiger charge is 2.52. The van der Waals surface area contributed by atoms with Gasteiger partial charge in [-0.25, -0.2) is 4.83 Å². The summed E-state index contributed by atoms with van der Waals surface area (Å²) in [5.74, 6) is 0.582. The molecule has 2 atom stereocenters. The predicted molar refractivity (Wildman–Crippen MR) is 89.0 cm³/mol. The molecular formula is C17H22N2O4S. The van der Waals surface area contributed by atoms with E-state index < -0.39 is 10.0 Å². The predicted octanol–water partition coefficient (Wildman–Crippen LogP) is 2.19. The van der Waals surface area contributed by atoms with Crippen LogP contribution >= 0.6 is 0 Å². The molecule has 1 aromatic rings. The molecule has 1 heterocycles. The molecule has 1 saturated heterocycles. The fourth-order valence-electron chi connectivity index (χ4n) is 4.10. The van der Waals surface area contributed by atoms with E-state index >= 15 is 0 Å². The summed E-state index contributed by atoms with van der Waals surface area (Å²) in [5.41, 5.74) is 1.95. The van der Waals surface area contributed by atoms with Crippen LogP contribution in [0.5, 0.6) is 0 Å². The number of hydrogen-bond donors (Lipinski definition) is 1. The molecule has 6 nitrogen and oxygen atoms in total. The Morgan fingerprint density at radius 2 is 1.67 bits per heavy atom. The number of ether oxygens (including phenoxy) is 2. The van der Waals surface area contributed by atoms with E-state index in [2.05, 4.69) is 9.93 Å². The van der Waals surface area contributed by atoms with E-state index in [9.17, 15) is 8.42 Å². The molecule has 24 heavy (non-hydrogen) atoms. The Balaban J connectivity index is 1.40. The average molecular weight is 350 g/mol. The first-order valence-corrected chi connectivity index (χ1v) is 9.86. The second kappa shape index (κ2) is 5.82. The van der Waals surface area contributed by atoms with E-state index in [-0.39, 0.29) is 10.7 Å². The van der Waals surface area contributed by atoms with Gasteiger partial charge < -0.3 is 9.47 Å². The van der Waals surface area contributed by atoms with E-state index in [1.54, 1.807) is 24.3 Å². The lowest BCUT2D eigenvalue weighted by Gasteiger charge is -2.22. The van der Waals surface area contributed by atoms with Crippen LogP contribution in [0.4, 0.5) is 0 Å². The van der Waals surface area contributed by atoms with Gasteiger partial charge in [0.2, 0.25) is 0 Å². The van der Waals surface area contributed by atoms with Gasteiger partial charge in [0.05, 0.1) is 18.1 Å². The van der Waals surface area contributed by atoms with Gasteiger partial charge in [-0.05, 0) is 43.7 Å². The molecule has 1 spiro atoms. The Labute approximate surface area is 142 Å². The second-order valence-electron chi connectivity index (χ2n) is 7.03. The summed E-state index contributed by atoms with van der Waals surface area (Å²) in [6, 6.07) is 6.75. The van der Waals surface area contributed by atoms with Crippen LogP contribution in [-0.4, -0.2) is 33.1 Å². The zero-order valence-electron chi connectivity index (χ0n) is 13.7. The number of nitrogens with zero attached hydrogens (tertiary/aromatic N) is 1. The zero-order valence-corrected chi connectivity index (χ0v) is 14.5. The van der Waals surface area contributed by atoms with Gasteiger partial charge >= 0.3 is 0 Å². The summed E-state index contributed by atoms with van der Waals surface area (Å²) in [7, 11) is -3.60. The van der Waals surface area contributed by atoms with E-state index in [0.717, 1.165) is 37.0 Å². The lowest BCUT2D eigenvalue weighted by Crippen LogP contribution is -2.27. The summed E-state index contributed by atoms with van der Waals surface area (Å²) < 4.78 is 36.1. The molecule has 0 aromatic heterocycles. The highest BCUT2D eigenvalue weighted by Crippen LogP contribution is 2.51. The molecule has 0 unspecified atom stereocenters. The van der Waals surface area contributed by atoms with Crippen molar-refractivity contribution in [3.63, 3.8) is 0 Å². The van der Waals surface area contributed by atoms with E-state index in [1.165, 1.54) is 0 Å². The number of benzene rings is 1. The smallest absolute Gasteiger partial charge is 0.276 e. The number of hydrazone groups is 1. The van der Waals surface area contributed by atoms with Crippen molar-refractivity contribution in [1.29, 1.82) is 0 Å². The second-order valence-corrected chi connectivity index (χ2v) is 8.69. The number of sulfonamides is 1. The molecule has 1 aromatic carbocycles. The monoisotopic (exact) mass is 350 g/mol. The SMILES string of the molecule is Cc1ccc(S(=O)(=O)NN=C2C[C@@H]3CC4(C[C@@H]3C2)OCCO4)cc1. The number of rotatable bonds is 3. The lowest BCUT2D eigenvalue weighted by molar-refractivity contribution is -0.154. The molecule has 7 heteroatoms. The van der Waals surface area contributed by atoms with Gasteiger partial charge in [-0.3, -0.25) is 0 Å². The third-order valence-corrected chi connectivity index (χ3v) is 6.50. The van der Waals surface area contributed by atoms with Crippen LogP contribution in [0, 0.1) is 18.8 Å². The van der Waals surface area contributed by atoms with Crippen LogP contribution in [0.3, 0.4) is 0 Å². The van der Waals surface area contributed by atoms with Crippen molar-refractivity contribution in [2.45, 2.75) is 43.3 Å². The molecule has 0 bridgehead atoms. The first-order valence-electron chi connectivity index (χ1n) is 8.38. The minimum Gasteiger partial charge on any atom is -0.348 e. The van der Waals surface area contributed by atoms with Crippen LogP contribution in [0.25, 0.3) is 0 Å².